The standard InChI is InChI=1S/C19H18N4O/c1-13-4-3-5-17(12-13)22-19-20-11-10-18(23-19)15-6-8-16(9-7-15)21-14(2)24/h3-12H,1-2H3,(H,21,24)(H,20,22,23). The van der Waals surface area contributed by atoms with E-state index in [1.54, 1.807) is 6.20 Å². The molecular formula is C19H18N4O. The van der Waals surface area contributed by atoms with Crippen LogP contribution in [-0.4, -0.2) is 15.9 Å². The fourth-order valence-electron chi connectivity index (χ4n) is 2.36. The average molecular weight is 318 g/mol. The van der Waals surface area contributed by atoms with Crippen molar-refractivity contribution in [2.75, 3.05) is 10.6 Å². The number of hydrogen-bond acceptors (Lipinski definition) is 4. The molecule has 3 aromatic rings. The first-order chi connectivity index (χ1) is 11.6. The SMILES string of the molecule is CC(=O)Nc1ccc(-c2ccnc(Nc3cccc(C)c3)n2)cc1. The van der Waals surface area contributed by atoms with Crippen LogP contribution in [0.25, 0.3) is 11.3 Å². The Bertz CT molecular complexity index is 859. The molecule has 0 unspecified atom stereocenters. The Morgan fingerprint density at radius 1 is 1.00 bits per heavy atom. The number of nitrogens with one attached hydrogen (secondary N) is 2. The van der Waals surface area contributed by atoms with Crippen LogP contribution in [0.15, 0.2) is 60.8 Å². The summed E-state index contributed by atoms with van der Waals surface area (Å²) in [5.74, 6) is 0.457. The van der Waals surface area contributed by atoms with Gasteiger partial charge < -0.3 is 10.6 Å². The van der Waals surface area contributed by atoms with Gasteiger partial charge in [-0.25, -0.2) is 9.97 Å². The number of amides is 1. The van der Waals surface area contributed by atoms with Crippen molar-refractivity contribution in [1.82, 2.24) is 9.97 Å². The summed E-state index contributed by atoms with van der Waals surface area (Å²) in [6.45, 7) is 3.53. The number of carbonyl (C=O) groups is 1. The zero-order valence-corrected chi connectivity index (χ0v) is 13.6. The van der Waals surface area contributed by atoms with E-state index in [2.05, 4.69) is 20.6 Å². The van der Waals surface area contributed by atoms with Crippen LogP contribution in [-0.2, 0) is 4.79 Å². The van der Waals surface area contributed by atoms with E-state index >= 15 is 0 Å². The monoisotopic (exact) mass is 318 g/mol. The second-order valence-electron chi connectivity index (χ2n) is 5.52. The van der Waals surface area contributed by atoms with Crippen molar-refractivity contribution >= 4 is 23.2 Å². The van der Waals surface area contributed by atoms with E-state index in [1.165, 1.54) is 12.5 Å². The number of nitrogens with zero attached hydrogens (tertiary/aromatic N) is 2. The second-order valence-corrected chi connectivity index (χ2v) is 5.52. The molecule has 0 aliphatic rings. The number of aromatic nitrogens is 2. The third kappa shape index (κ3) is 3.95. The van der Waals surface area contributed by atoms with E-state index in [0.717, 1.165) is 22.6 Å². The maximum atomic E-state index is 11.1. The van der Waals surface area contributed by atoms with Gasteiger partial charge in [0.25, 0.3) is 0 Å². The predicted octanol–water partition coefficient (Wildman–Crippen LogP) is 4.15. The zero-order chi connectivity index (χ0) is 16.9. The molecule has 0 saturated carbocycles. The average Bonchev–Trinajstić information content (AvgIpc) is 2.55. The van der Waals surface area contributed by atoms with Gasteiger partial charge in [0, 0.05) is 30.1 Å². The fraction of sp³-hybridized carbons (Fsp3) is 0.105. The first-order valence-corrected chi connectivity index (χ1v) is 7.65. The lowest BCUT2D eigenvalue weighted by atomic mass is 10.1. The van der Waals surface area contributed by atoms with Crippen LogP contribution in [0.3, 0.4) is 0 Å². The van der Waals surface area contributed by atoms with E-state index in [1.807, 2.05) is 61.5 Å². The molecule has 0 saturated heterocycles. The minimum absolute atomic E-state index is 0.0885. The normalized spacial score (nSPS) is 10.2. The van der Waals surface area contributed by atoms with Gasteiger partial charge >= 0.3 is 0 Å². The van der Waals surface area contributed by atoms with Crippen LogP contribution in [0.5, 0.6) is 0 Å². The lowest BCUT2D eigenvalue weighted by molar-refractivity contribution is -0.114. The summed E-state index contributed by atoms with van der Waals surface area (Å²) in [7, 11) is 0. The molecule has 3 rings (SSSR count). The first kappa shape index (κ1) is 15.7. The number of hydrogen-bond donors (Lipinski definition) is 2. The highest BCUT2D eigenvalue weighted by molar-refractivity contribution is 5.88. The topological polar surface area (TPSA) is 66.9 Å². The smallest absolute Gasteiger partial charge is 0.227 e. The van der Waals surface area contributed by atoms with Crippen molar-refractivity contribution in [1.29, 1.82) is 0 Å². The molecule has 0 radical (unpaired) electrons. The molecule has 2 N–H and O–H groups in total. The summed E-state index contributed by atoms with van der Waals surface area (Å²) >= 11 is 0. The molecule has 1 amide bonds. The van der Waals surface area contributed by atoms with Crippen LogP contribution in [0.2, 0.25) is 0 Å². The van der Waals surface area contributed by atoms with E-state index in [9.17, 15) is 4.79 Å². The summed E-state index contributed by atoms with van der Waals surface area (Å²) < 4.78 is 0. The Kier molecular flexibility index (Phi) is 4.52. The molecule has 0 fully saturated rings. The minimum Gasteiger partial charge on any atom is -0.326 e. The second kappa shape index (κ2) is 6.91. The Hall–Kier alpha value is -3.21. The van der Waals surface area contributed by atoms with Gasteiger partial charge in [-0.1, -0.05) is 24.3 Å². The van der Waals surface area contributed by atoms with Crippen LogP contribution < -0.4 is 10.6 Å². The summed E-state index contributed by atoms with van der Waals surface area (Å²) in [6.07, 6.45) is 1.72. The molecule has 120 valence electrons. The maximum Gasteiger partial charge on any atom is 0.227 e. The van der Waals surface area contributed by atoms with Crippen LogP contribution in [0, 0.1) is 6.92 Å². The van der Waals surface area contributed by atoms with Crippen LogP contribution in [0.4, 0.5) is 17.3 Å². The lowest BCUT2D eigenvalue weighted by Gasteiger charge is -2.08. The summed E-state index contributed by atoms with van der Waals surface area (Å²) in [5.41, 5.74) is 4.66. The molecule has 0 atom stereocenters. The Morgan fingerprint density at radius 3 is 2.50 bits per heavy atom. The van der Waals surface area contributed by atoms with Crippen LogP contribution in [0.1, 0.15) is 12.5 Å². The van der Waals surface area contributed by atoms with Crippen molar-refractivity contribution in [3.63, 3.8) is 0 Å². The third-order valence-corrected chi connectivity index (χ3v) is 3.43. The number of rotatable bonds is 4. The minimum atomic E-state index is -0.0885. The number of carbonyl (C=O) groups excluding carboxylic acids is 1. The molecule has 5 heteroatoms. The van der Waals surface area contributed by atoms with Gasteiger partial charge in [-0.15, -0.1) is 0 Å². The van der Waals surface area contributed by atoms with Gasteiger partial charge in [-0.05, 0) is 42.8 Å². The number of benzene rings is 2. The third-order valence-electron chi connectivity index (χ3n) is 3.43. The fourth-order valence-corrected chi connectivity index (χ4v) is 2.36. The molecule has 0 bridgehead atoms. The molecule has 0 spiro atoms. The molecule has 0 aliphatic heterocycles. The van der Waals surface area contributed by atoms with Gasteiger partial charge in [0.2, 0.25) is 11.9 Å². The summed E-state index contributed by atoms with van der Waals surface area (Å²) in [6, 6.07) is 17.5. The predicted molar refractivity (Wildman–Crippen MR) is 96.2 cm³/mol. The van der Waals surface area contributed by atoms with Gasteiger partial charge in [0.1, 0.15) is 0 Å². The largest absolute Gasteiger partial charge is 0.326 e. The van der Waals surface area contributed by atoms with E-state index in [-0.39, 0.29) is 5.91 Å². The molecular weight excluding hydrogens is 300 g/mol. The molecule has 5 nitrogen and oxygen atoms in total. The van der Waals surface area contributed by atoms with E-state index < -0.39 is 0 Å². The molecule has 0 aliphatic carbocycles. The van der Waals surface area contributed by atoms with Gasteiger partial charge in [0.05, 0.1) is 5.69 Å². The molecule has 1 aromatic heterocycles. The Labute approximate surface area is 140 Å². The van der Waals surface area contributed by atoms with Crippen molar-refractivity contribution in [3.05, 3.63) is 66.4 Å². The Balaban J connectivity index is 1.81. The highest BCUT2D eigenvalue weighted by atomic mass is 16.1. The van der Waals surface area contributed by atoms with Crippen molar-refractivity contribution in [3.8, 4) is 11.3 Å². The highest BCUT2D eigenvalue weighted by Crippen LogP contribution is 2.21. The van der Waals surface area contributed by atoms with E-state index in [4.69, 9.17) is 0 Å². The van der Waals surface area contributed by atoms with Crippen molar-refractivity contribution in [2.24, 2.45) is 0 Å². The van der Waals surface area contributed by atoms with E-state index in [0.29, 0.717) is 5.95 Å². The summed E-state index contributed by atoms with van der Waals surface area (Å²) in [5, 5.41) is 5.96. The van der Waals surface area contributed by atoms with Gasteiger partial charge in [-0.3, -0.25) is 4.79 Å². The first-order valence-electron chi connectivity index (χ1n) is 7.65. The van der Waals surface area contributed by atoms with Crippen LogP contribution >= 0.6 is 0 Å². The zero-order valence-electron chi connectivity index (χ0n) is 13.6. The number of aryl methyl sites for hydroxylation is 1. The van der Waals surface area contributed by atoms with Gasteiger partial charge in [-0.2, -0.15) is 0 Å². The van der Waals surface area contributed by atoms with Crippen molar-refractivity contribution < 1.29 is 4.79 Å². The Morgan fingerprint density at radius 2 is 1.79 bits per heavy atom. The lowest BCUT2D eigenvalue weighted by Crippen LogP contribution is -2.05. The molecule has 2 aromatic carbocycles. The highest BCUT2D eigenvalue weighted by Gasteiger charge is 2.04. The molecule has 24 heavy (non-hydrogen) atoms. The number of anilines is 3. The summed E-state index contributed by atoms with van der Waals surface area (Å²) in [4.78, 5) is 19.9. The van der Waals surface area contributed by atoms with Crippen molar-refractivity contribution in [2.45, 2.75) is 13.8 Å². The quantitative estimate of drug-likeness (QED) is 0.758. The maximum absolute atomic E-state index is 11.1. The molecule has 1 heterocycles. The van der Waals surface area contributed by atoms with Gasteiger partial charge in [0.15, 0.2) is 0 Å².